The van der Waals surface area contributed by atoms with E-state index in [2.05, 4.69) is 9.84 Å². The van der Waals surface area contributed by atoms with Crippen LogP contribution in [0.3, 0.4) is 0 Å². The van der Waals surface area contributed by atoms with Crippen molar-refractivity contribution in [1.29, 1.82) is 0 Å². The molecule has 1 aromatic heterocycles. The molecule has 0 aliphatic rings. The highest BCUT2D eigenvalue weighted by atomic mass is 35.5. The number of hydrogen-bond acceptors (Lipinski definition) is 3. The van der Waals surface area contributed by atoms with Crippen molar-refractivity contribution < 1.29 is 18.3 Å². The van der Waals surface area contributed by atoms with Crippen LogP contribution in [0.15, 0.2) is 30.5 Å². The molecule has 0 amide bonds. The zero-order valence-corrected chi connectivity index (χ0v) is 13.8. The molecule has 2 aromatic carbocycles. The molecule has 0 radical (unpaired) electrons. The first-order valence-electron chi connectivity index (χ1n) is 6.78. The summed E-state index contributed by atoms with van der Waals surface area (Å²) in [6.07, 6.45) is 1.45. The number of halogens is 4. The molecule has 0 N–H and O–H groups in total. The van der Waals surface area contributed by atoms with Crippen LogP contribution >= 0.6 is 23.2 Å². The Labute approximate surface area is 145 Å². The number of ether oxygens (including phenoxy) is 1. The summed E-state index contributed by atoms with van der Waals surface area (Å²) in [4.78, 5) is 11.6. The predicted molar refractivity (Wildman–Crippen MR) is 86.6 cm³/mol. The highest BCUT2D eigenvalue weighted by Gasteiger charge is 2.19. The van der Waals surface area contributed by atoms with Gasteiger partial charge >= 0.3 is 5.97 Å². The largest absolute Gasteiger partial charge is 0.465 e. The smallest absolute Gasteiger partial charge is 0.340 e. The molecule has 4 nitrogen and oxygen atoms in total. The summed E-state index contributed by atoms with van der Waals surface area (Å²) in [5.41, 5.74) is 0.294. The molecule has 0 fully saturated rings. The first-order valence-corrected chi connectivity index (χ1v) is 7.54. The Hall–Kier alpha value is -2.18. The number of nitrogens with zero attached hydrogens (tertiary/aromatic N) is 2. The number of benzene rings is 2. The lowest BCUT2D eigenvalue weighted by Crippen LogP contribution is -2.10. The molecule has 3 aromatic rings. The van der Waals surface area contributed by atoms with E-state index in [1.54, 1.807) is 0 Å². The van der Waals surface area contributed by atoms with Crippen molar-refractivity contribution in [2.75, 3.05) is 7.11 Å². The molecule has 0 unspecified atom stereocenters. The third kappa shape index (κ3) is 2.72. The van der Waals surface area contributed by atoms with Gasteiger partial charge in [-0.05, 0) is 12.1 Å². The number of methoxy groups -OCH3 is 1. The van der Waals surface area contributed by atoms with Crippen molar-refractivity contribution in [3.05, 3.63) is 63.3 Å². The molecule has 0 spiro atoms. The Balaban J connectivity index is 2.09. The van der Waals surface area contributed by atoms with Gasteiger partial charge < -0.3 is 4.74 Å². The molecule has 0 aliphatic heterocycles. The second-order valence-corrected chi connectivity index (χ2v) is 5.78. The maximum Gasteiger partial charge on any atom is 0.340 e. The van der Waals surface area contributed by atoms with Crippen molar-refractivity contribution >= 4 is 40.1 Å². The van der Waals surface area contributed by atoms with Crippen molar-refractivity contribution in [2.24, 2.45) is 0 Å². The Morgan fingerprint density at radius 3 is 2.75 bits per heavy atom. The average Bonchev–Trinajstić information content (AvgIpc) is 2.96. The standard InChI is InChI=1S/C16H10Cl2F2N2O2/c1-24-16(23)10-4-2-3-8(13(10)19)7-22-15-9(6-21-22)5-11(17)14(20)12(15)18/h2-6H,7H2,1H3. The van der Waals surface area contributed by atoms with Gasteiger partial charge in [0.1, 0.15) is 10.8 Å². The summed E-state index contributed by atoms with van der Waals surface area (Å²) in [6, 6.07) is 5.73. The van der Waals surface area contributed by atoms with Gasteiger partial charge in [-0.15, -0.1) is 0 Å². The fraction of sp³-hybridized carbons (Fsp3) is 0.125. The number of aromatic nitrogens is 2. The lowest BCUT2D eigenvalue weighted by atomic mass is 10.1. The lowest BCUT2D eigenvalue weighted by Gasteiger charge is -2.09. The van der Waals surface area contributed by atoms with Gasteiger partial charge in [-0.3, -0.25) is 4.68 Å². The van der Waals surface area contributed by atoms with E-state index in [1.807, 2.05) is 0 Å². The molecule has 124 valence electrons. The van der Waals surface area contributed by atoms with Gasteiger partial charge in [0.05, 0.1) is 36.0 Å². The maximum absolute atomic E-state index is 14.5. The summed E-state index contributed by atoms with van der Waals surface area (Å²) in [5.74, 6) is -2.27. The van der Waals surface area contributed by atoms with Crippen LogP contribution in [0.2, 0.25) is 10.0 Å². The molecule has 0 aliphatic carbocycles. The zero-order chi connectivity index (χ0) is 17.4. The number of esters is 1. The highest BCUT2D eigenvalue weighted by molar-refractivity contribution is 6.38. The van der Waals surface area contributed by atoms with E-state index < -0.39 is 17.6 Å². The van der Waals surface area contributed by atoms with Crippen LogP contribution in [0.25, 0.3) is 10.9 Å². The van der Waals surface area contributed by atoms with Gasteiger partial charge in [0.25, 0.3) is 0 Å². The van der Waals surface area contributed by atoms with E-state index >= 15 is 0 Å². The molecule has 1 heterocycles. The first kappa shape index (κ1) is 16.7. The average molecular weight is 371 g/mol. The summed E-state index contributed by atoms with van der Waals surface area (Å²) < 4.78 is 34.3. The monoisotopic (exact) mass is 370 g/mol. The molecule has 0 bridgehead atoms. The van der Waals surface area contributed by atoms with E-state index in [0.29, 0.717) is 10.9 Å². The second-order valence-electron chi connectivity index (χ2n) is 5.00. The molecule has 8 heteroatoms. The Kier molecular flexibility index (Phi) is 4.43. The lowest BCUT2D eigenvalue weighted by molar-refractivity contribution is 0.0595. The third-order valence-electron chi connectivity index (χ3n) is 3.56. The second kappa shape index (κ2) is 6.37. The fourth-order valence-corrected chi connectivity index (χ4v) is 2.97. The summed E-state index contributed by atoms with van der Waals surface area (Å²) in [6.45, 7) is -0.0407. The van der Waals surface area contributed by atoms with Crippen molar-refractivity contribution in [1.82, 2.24) is 9.78 Å². The molecule has 3 rings (SSSR count). The van der Waals surface area contributed by atoms with Gasteiger partial charge in [-0.2, -0.15) is 5.10 Å². The maximum atomic E-state index is 14.5. The van der Waals surface area contributed by atoms with Crippen LogP contribution in [0.4, 0.5) is 8.78 Å². The van der Waals surface area contributed by atoms with Crippen LogP contribution < -0.4 is 0 Å². The van der Waals surface area contributed by atoms with Crippen molar-refractivity contribution in [2.45, 2.75) is 6.54 Å². The van der Waals surface area contributed by atoms with Crippen LogP contribution in [-0.2, 0) is 11.3 Å². The van der Waals surface area contributed by atoms with E-state index in [1.165, 1.54) is 42.3 Å². The molecular formula is C16H10Cl2F2N2O2. The van der Waals surface area contributed by atoms with Gasteiger partial charge in [0.15, 0.2) is 5.82 Å². The number of rotatable bonds is 3. The number of carbonyl (C=O) groups excluding carboxylic acids is 1. The number of hydrogen-bond donors (Lipinski definition) is 0. The summed E-state index contributed by atoms with van der Waals surface area (Å²) in [7, 11) is 1.17. The Bertz CT molecular complexity index is 957. The van der Waals surface area contributed by atoms with Crippen LogP contribution in [0.5, 0.6) is 0 Å². The first-order chi connectivity index (χ1) is 11.4. The van der Waals surface area contributed by atoms with Gasteiger partial charge in [0.2, 0.25) is 0 Å². The van der Waals surface area contributed by atoms with E-state index in [-0.39, 0.29) is 27.7 Å². The summed E-state index contributed by atoms with van der Waals surface area (Å²) >= 11 is 11.8. The van der Waals surface area contributed by atoms with Gasteiger partial charge in [0, 0.05) is 10.9 Å². The number of carbonyl (C=O) groups is 1. The van der Waals surface area contributed by atoms with Gasteiger partial charge in [-0.25, -0.2) is 13.6 Å². The molecular weight excluding hydrogens is 361 g/mol. The highest BCUT2D eigenvalue weighted by Crippen LogP contribution is 2.32. The topological polar surface area (TPSA) is 44.1 Å². The SMILES string of the molecule is COC(=O)c1cccc(Cn2ncc3cc(Cl)c(F)c(Cl)c32)c1F. The zero-order valence-electron chi connectivity index (χ0n) is 12.3. The van der Waals surface area contributed by atoms with Crippen LogP contribution in [0, 0.1) is 11.6 Å². The third-order valence-corrected chi connectivity index (χ3v) is 4.18. The normalized spacial score (nSPS) is 11.0. The van der Waals surface area contributed by atoms with E-state index in [0.717, 1.165) is 0 Å². The van der Waals surface area contributed by atoms with Crippen LogP contribution in [0.1, 0.15) is 15.9 Å². The minimum Gasteiger partial charge on any atom is -0.465 e. The van der Waals surface area contributed by atoms with Crippen LogP contribution in [-0.4, -0.2) is 22.9 Å². The van der Waals surface area contributed by atoms with E-state index in [9.17, 15) is 13.6 Å². The molecule has 0 saturated heterocycles. The van der Waals surface area contributed by atoms with Crippen molar-refractivity contribution in [3.63, 3.8) is 0 Å². The molecule has 24 heavy (non-hydrogen) atoms. The van der Waals surface area contributed by atoms with Gasteiger partial charge in [-0.1, -0.05) is 35.3 Å². The fourth-order valence-electron chi connectivity index (χ4n) is 2.40. The van der Waals surface area contributed by atoms with Crippen molar-refractivity contribution in [3.8, 4) is 0 Å². The Morgan fingerprint density at radius 2 is 2.04 bits per heavy atom. The molecule has 0 atom stereocenters. The van der Waals surface area contributed by atoms with E-state index in [4.69, 9.17) is 23.2 Å². The minimum absolute atomic E-state index is 0.0407. The number of fused-ring (bicyclic) bond motifs is 1. The summed E-state index contributed by atoms with van der Waals surface area (Å²) in [5, 5.41) is 4.30. The Morgan fingerprint density at radius 1 is 1.29 bits per heavy atom. The molecule has 0 saturated carbocycles. The quantitative estimate of drug-likeness (QED) is 0.505. The minimum atomic E-state index is -0.782. The predicted octanol–water partition coefficient (Wildman–Crippen LogP) is 4.46.